The van der Waals surface area contributed by atoms with Crippen molar-refractivity contribution in [2.24, 2.45) is 5.92 Å². The molecule has 2 unspecified atom stereocenters. The van der Waals surface area contributed by atoms with Gasteiger partial charge in [0, 0.05) is 11.4 Å². The number of rotatable bonds is 4. The van der Waals surface area contributed by atoms with Crippen molar-refractivity contribution in [1.82, 2.24) is 5.32 Å². The van der Waals surface area contributed by atoms with Crippen molar-refractivity contribution in [1.29, 1.82) is 0 Å². The highest BCUT2D eigenvalue weighted by molar-refractivity contribution is 7.10. The molecule has 2 rings (SSSR count). The molecule has 0 radical (unpaired) electrons. The minimum absolute atomic E-state index is 0.0145. The first kappa shape index (κ1) is 13.6. The fourth-order valence-corrected chi connectivity index (χ4v) is 3.31. The summed E-state index contributed by atoms with van der Waals surface area (Å²) in [6.45, 7) is 4.26. The highest BCUT2D eigenvalue weighted by Gasteiger charge is 2.27. The van der Waals surface area contributed by atoms with Gasteiger partial charge in [0.15, 0.2) is 0 Å². The van der Waals surface area contributed by atoms with Gasteiger partial charge >= 0.3 is 0 Å². The van der Waals surface area contributed by atoms with E-state index in [1.54, 1.807) is 11.3 Å². The number of fused-ring (bicyclic) bond motifs is 1. The van der Waals surface area contributed by atoms with Crippen molar-refractivity contribution in [2.75, 3.05) is 6.54 Å². The third-order valence-corrected chi connectivity index (χ3v) is 4.62. The number of nitrogens with one attached hydrogen (secondary N) is 1. The summed E-state index contributed by atoms with van der Waals surface area (Å²) in [6, 6.07) is 2.07. The number of carbonyl (C=O) groups is 1. The van der Waals surface area contributed by atoms with Crippen LogP contribution in [0.1, 0.15) is 43.0 Å². The van der Waals surface area contributed by atoms with Gasteiger partial charge in [0.05, 0.1) is 12.0 Å². The van der Waals surface area contributed by atoms with E-state index in [0.29, 0.717) is 6.54 Å². The maximum Gasteiger partial charge on any atom is 0.227 e. The second-order valence-electron chi connectivity index (χ2n) is 5.30. The molecule has 0 saturated heterocycles. The fraction of sp³-hybridized carbons (Fsp3) is 0.643. The first-order valence-electron chi connectivity index (χ1n) is 6.61. The average Bonchev–Trinajstić information content (AvgIpc) is 2.83. The molecule has 2 atom stereocenters. The summed E-state index contributed by atoms with van der Waals surface area (Å²) < 4.78 is 0. The van der Waals surface area contributed by atoms with Gasteiger partial charge in [0.25, 0.3) is 0 Å². The quantitative estimate of drug-likeness (QED) is 0.879. The number of aryl methyl sites for hydroxylation is 1. The SMILES string of the molecule is CC(C)C(O)CNC(=O)C1CCCc2sccc21. The Bertz CT molecular complexity index is 414. The predicted molar refractivity (Wildman–Crippen MR) is 73.9 cm³/mol. The van der Waals surface area contributed by atoms with Crippen molar-refractivity contribution in [2.45, 2.75) is 45.1 Å². The lowest BCUT2D eigenvalue weighted by Crippen LogP contribution is -2.38. The highest BCUT2D eigenvalue weighted by atomic mass is 32.1. The highest BCUT2D eigenvalue weighted by Crippen LogP contribution is 2.34. The second kappa shape index (κ2) is 5.85. The van der Waals surface area contributed by atoms with Crippen LogP contribution >= 0.6 is 11.3 Å². The Morgan fingerprint density at radius 3 is 3.11 bits per heavy atom. The molecular weight excluding hydrogens is 246 g/mol. The third-order valence-electron chi connectivity index (χ3n) is 3.62. The van der Waals surface area contributed by atoms with E-state index in [4.69, 9.17) is 0 Å². The van der Waals surface area contributed by atoms with Crippen LogP contribution in [-0.2, 0) is 11.2 Å². The lowest BCUT2D eigenvalue weighted by molar-refractivity contribution is -0.123. The molecule has 1 amide bonds. The molecule has 0 saturated carbocycles. The van der Waals surface area contributed by atoms with E-state index in [1.807, 2.05) is 13.8 Å². The molecule has 4 heteroatoms. The number of aliphatic hydroxyl groups is 1. The topological polar surface area (TPSA) is 49.3 Å². The molecule has 0 aromatic carbocycles. The predicted octanol–water partition coefficient (Wildman–Crippen LogP) is 2.30. The summed E-state index contributed by atoms with van der Waals surface area (Å²) in [5.41, 5.74) is 1.20. The van der Waals surface area contributed by atoms with Crippen LogP contribution in [0, 0.1) is 5.92 Å². The van der Waals surface area contributed by atoms with E-state index < -0.39 is 6.10 Å². The van der Waals surface area contributed by atoms with Crippen LogP contribution in [0.15, 0.2) is 11.4 Å². The summed E-state index contributed by atoms with van der Waals surface area (Å²) in [6.07, 6.45) is 2.65. The number of amides is 1. The van der Waals surface area contributed by atoms with Gasteiger partial charge in [-0.2, -0.15) is 0 Å². The molecule has 1 aliphatic carbocycles. The number of thiophene rings is 1. The first-order valence-corrected chi connectivity index (χ1v) is 7.49. The van der Waals surface area contributed by atoms with Crippen LogP contribution in [0.4, 0.5) is 0 Å². The van der Waals surface area contributed by atoms with Crippen molar-refractivity contribution >= 4 is 17.2 Å². The van der Waals surface area contributed by atoms with Gasteiger partial charge in [-0.3, -0.25) is 4.79 Å². The number of hydrogen-bond donors (Lipinski definition) is 2. The molecule has 18 heavy (non-hydrogen) atoms. The molecule has 1 heterocycles. The van der Waals surface area contributed by atoms with Crippen LogP contribution in [0.3, 0.4) is 0 Å². The second-order valence-corrected chi connectivity index (χ2v) is 6.30. The molecule has 0 aliphatic heterocycles. The zero-order valence-electron chi connectivity index (χ0n) is 11.0. The minimum atomic E-state index is -0.459. The maximum absolute atomic E-state index is 12.2. The third kappa shape index (κ3) is 2.93. The summed E-state index contributed by atoms with van der Waals surface area (Å²) in [4.78, 5) is 13.5. The van der Waals surface area contributed by atoms with Crippen molar-refractivity contribution in [3.8, 4) is 0 Å². The first-order chi connectivity index (χ1) is 8.59. The molecule has 1 aromatic rings. The van der Waals surface area contributed by atoms with Gasteiger partial charge in [0.1, 0.15) is 0 Å². The zero-order valence-corrected chi connectivity index (χ0v) is 11.8. The normalized spacial score (nSPS) is 20.6. The van der Waals surface area contributed by atoms with E-state index >= 15 is 0 Å². The van der Waals surface area contributed by atoms with E-state index in [0.717, 1.165) is 19.3 Å². The number of carbonyl (C=O) groups excluding carboxylic acids is 1. The van der Waals surface area contributed by atoms with Crippen LogP contribution in [0.5, 0.6) is 0 Å². The van der Waals surface area contributed by atoms with Crippen LogP contribution in [0.2, 0.25) is 0 Å². The Balaban J connectivity index is 1.95. The standard InChI is InChI=1S/C14H21NO2S/c1-9(2)12(16)8-15-14(17)11-4-3-5-13-10(11)6-7-18-13/h6-7,9,11-12,16H,3-5,8H2,1-2H3,(H,15,17). The molecule has 3 nitrogen and oxygen atoms in total. The van der Waals surface area contributed by atoms with Gasteiger partial charge in [-0.25, -0.2) is 0 Å². The van der Waals surface area contributed by atoms with Gasteiger partial charge in [0.2, 0.25) is 5.91 Å². The summed E-state index contributed by atoms with van der Waals surface area (Å²) in [5, 5.41) is 14.7. The van der Waals surface area contributed by atoms with Crippen molar-refractivity contribution in [3.63, 3.8) is 0 Å². The van der Waals surface area contributed by atoms with Crippen LogP contribution < -0.4 is 5.32 Å². The van der Waals surface area contributed by atoms with Crippen molar-refractivity contribution < 1.29 is 9.90 Å². The Morgan fingerprint density at radius 2 is 2.39 bits per heavy atom. The number of hydrogen-bond acceptors (Lipinski definition) is 3. The molecule has 0 fully saturated rings. The van der Waals surface area contributed by atoms with E-state index in [9.17, 15) is 9.90 Å². The van der Waals surface area contributed by atoms with Gasteiger partial charge in [-0.15, -0.1) is 11.3 Å². The Hall–Kier alpha value is -0.870. The Morgan fingerprint density at radius 1 is 1.61 bits per heavy atom. The molecule has 0 bridgehead atoms. The van der Waals surface area contributed by atoms with E-state index in [2.05, 4.69) is 16.8 Å². The summed E-state index contributed by atoms with van der Waals surface area (Å²) in [5.74, 6) is 0.224. The van der Waals surface area contributed by atoms with E-state index in [1.165, 1.54) is 10.4 Å². The maximum atomic E-state index is 12.2. The lowest BCUT2D eigenvalue weighted by Gasteiger charge is -2.23. The van der Waals surface area contributed by atoms with Crippen molar-refractivity contribution in [3.05, 3.63) is 21.9 Å². The molecular formula is C14H21NO2S. The van der Waals surface area contributed by atoms with Crippen LogP contribution in [-0.4, -0.2) is 23.7 Å². The lowest BCUT2D eigenvalue weighted by atomic mass is 9.87. The Labute approximate surface area is 112 Å². The monoisotopic (exact) mass is 267 g/mol. The average molecular weight is 267 g/mol. The van der Waals surface area contributed by atoms with Crippen LogP contribution in [0.25, 0.3) is 0 Å². The summed E-state index contributed by atoms with van der Waals surface area (Å²) >= 11 is 1.75. The van der Waals surface area contributed by atoms with Gasteiger partial charge in [-0.1, -0.05) is 13.8 Å². The van der Waals surface area contributed by atoms with Gasteiger partial charge in [-0.05, 0) is 42.2 Å². The molecule has 1 aromatic heterocycles. The summed E-state index contributed by atoms with van der Waals surface area (Å²) in [7, 11) is 0. The number of aliphatic hydroxyl groups excluding tert-OH is 1. The molecule has 0 spiro atoms. The smallest absolute Gasteiger partial charge is 0.227 e. The Kier molecular flexibility index (Phi) is 4.40. The van der Waals surface area contributed by atoms with Gasteiger partial charge < -0.3 is 10.4 Å². The molecule has 100 valence electrons. The molecule has 1 aliphatic rings. The fourth-order valence-electron chi connectivity index (χ4n) is 2.32. The molecule has 2 N–H and O–H groups in total. The van der Waals surface area contributed by atoms with E-state index in [-0.39, 0.29) is 17.7 Å². The largest absolute Gasteiger partial charge is 0.391 e. The minimum Gasteiger partial charge on any atom is -0.391 e. The zero-order chi connectivity index (χ0) is 13.1.